The van der Waals surface area contributed by atoms with Gasteiger partial charge in [0.1, 0.15) is 5.82 Å². The molecule has 2 aliphatic rings. The lowest BCUT2D eigenvalue weighted by Crippen LogP contribution is -2.56. The monoisotopic (exact) mass is 550 g/mol. The topological polar surface area (TPSA) is 43.0 Å². The second-order valence-electron chi connectivity index (χ2n) is 9.40. The summed E-state index contributed by atoms with van der Waals surface area (Å²) >= 11 is 0. The number of morpholine rings is 2. The molecule has 12 heteroatoms. The first-order valence-electron chi connectivity index (χ1n) is 12.3. The summed E-state index contributed by atoms with van der Waals surface area (Å²) in [5.41, 5.74) is -2.51. The number of halogens is 7. The van der Waals surface area contributed by atoms with Gasteiger partial charge in [-0.3, -0.25) is 4.90 Å². The Morgan fingerprint density at radius 2 is 1.58 bits per heavy atom. The van der Waals surface area contributed by atoms with Gasteiger partial charge in [0.15, 0.2) is 5.79 Å². The fraction of sp³-hybridized carbons (Fsp3) is 0.538. The highest BCUT2D eigenvalue weighted by Crippen LogP contribution is 2.42. The molecule has 0 aliphatic carbocycles. The number of hydrogen-bond acceptors (Lipinski definition) is 5. The SMILES string of the molecule is C[C@@H](OC1(CCN2CCOCC2)OCCNC1c1ccc(F)cc1)c1cc(C(F)(F)F)cc(C(F)(F)F)c1. The number of benzene rings is 2. The van der Waals surface area contributed by atoms with Crippen molar-refractivity contribution in [2.45, 2.75) is 43.6 Å². The Morgan fingerprint density at radius 1 is 0.974 bits per heavy atom. The van der Waals surface area contributed by atoms with Gasteiger partial charge in [-0.15, -0.1) is 0 Å². The molecule has 4 rings (SSSR count). The predicted octanol–water partition coefficient (Wildman–Crippen LogP) is 5.72. The molecule has 0 aromatic heterocycles. The zero-order valence-corrected chi connectivity index (χ0v) is 20.7. The van der Waals surface area contributed by atoms with Crippen molar-refractivity contribution < 1.29 is 44.9 Å². The second-order valence-corrected chi connectivity index (χ2v) is 9.40. The number of hydrogen-bond donors (Lipinski definition) is 1. The summed E-state index contributed by atoms with van der Waals surface area (Å²) in [6, 6.07) is 6.39. The lowest BCUT2D eigenvalue weighted by atomic mass is 9.92. The molecule has 0 radical (unpaired) electrons. The average molecular weight is 551 g/mol. The van der Waals surface area contributed by atoms with E-state index < -0.39 is 47.2 Å². The van der Waals surface area contributed by atoms with Crippen LogP contribution >= 0.6 is 0 Å². The van der Waals surface area contributed by atoms with Gasteiger partial charge < -0.3 is 19.5 Å². The highest BCUT2D eigenvalue weighted by molar-refractivity contribution is 5.35. The minimum Gasteiger partial charge on any atom is -0.379 e. The van der Waals surface area contributed by atoms with Crippen molar-refractivity contribution in [3.8, 4) is 0 Å². The Labute approximate surface area is 215 Å². The lowest BCUT2D eigenvalue weighted by molar-refractivity contribution is -0.293. The van der Waals surface area contributed by atoms with Crippen molar-refractivity contribution in [1.82, 2.24) is 10.2 Å². The van der Waals surface area contributed by atoms with Gasteiger partial charge in [-0.2, -0.15) is 26.3 Å². The van der Waals surface area contributed by atoms with E-state index in [0.717, 1.165) is 0 Å². The molecule has 0 bridgehead atoms. The van der Waals surface area contributed by atoms with Gasteiger partial charge in [0.2, 0.25) is 0 Å². The molecule has 0 saturated carbocycles. The van der Waals surface area contributed by atoms with E-state index in [2.05, 4.69) is 10.2 Å². The van der Waals surface area contributed by atoms with Crippen molar-refractivity contribution in [3.05, 3.63) is 70.5 Å². The van der Waals surface area contributed by atoms with Crippen LogP contribution in [0, 0.1) is 5.82 Å². The molecule has 0 spiro atoms. The van der Waals surface area contributed by atoms with Gasteiger partial charge in [-0.25, -0.2) is 4.39 Å². The molecule has 0 amide bonds. The standard InChI is InChI=1S/C26H29F7N2O3/c1-17(19-14-20(25(28,29)30)16-21(15-19)26(31,32)33)38-24(6-8-35-9-12-36-13-10-35)23(34-7-11-37-24)18-2-4-22(27)5-3-18/h2-5,14-17,23,34H,6-13H2,1H3/t17-,23?,24?/m1/s1. The minimum atomic E-state index is -4.98. The first kappa shape index (κ1) is 28.8. The summed E-state index contributed by atoms with van der Waals surface area (Å²) in [6.45, 7) is 4.87. The predicted molar refractivity (Wildman–Crippen MR) is 124 cm³/mol. The van der Waals surface area contributed by atoms with Crippen molar-refractivity contribution in [1.29, 1.82) is 0 Å². The third kappa shape index (κ3) is 6.84. The number of ether oxygens (including phenoxy) is 3. The summed E-state index contributed by atoms with van der Waals surface area (Å²) in [4.78, 5) is 2.12. The number of nitrogens with one attached hydrogen (secondary N) is 1. The zero-order valence-electron chi connectivity index (χ0n) is 20.7. The largest absolute Gasteiger partial charge is 0.416 e. The molecule has 2 aliphatic heterocycles. The smallest absolute Gasteiger partial charge is 0.379 e. The summed E-state index contributed by atoms with van der Waals surface area (Å²) in [7, 11) is 0. The fourth-order valence-electron chi connectivity index (χ4n) is 4.79. The van der Waals surface area contributed by atoms with Gasteiger partial charge >= 0.3 is 12.4 Å². The molecular formula is C26H29F7N2O3. The molecule has 2 aromatic carbocycles. The van der Waals surface area contributed by atoms with E-state index in [9.17, 15) is 30.7 Å². The molecule has 5 nitrogen and oxygen atoms in total. The highest BCUT2D eigenvalue weighted by Gasteiger charge is 2.46. The van der Waals surface area contributed by atoms with E-state index in [0.29, 0.717) is 57.1 Å². The van der Waals surface area contributed by atoms with Crippen molar-refractivity contribution in [2.24, 2.45) is 0 Å². The Hall–Kier alpha value is -2.25. The minimum absolute atomic E-state index is 0.0877. The normalized spacial score (nSPS) is 24.4. The van der Waals surface area contributed by atoms with Crippen LogP contribution in [0.2, 0.25) is 0 Å². The van der Waals surface area contributed by atoms with Gasteiger partial charge in [0.05, 0.1) is 43.1 Å². The van der Waals surface area contributed by atoms with Crippen LogP contribution in [0.15, 0.2) is 42.5 Å². The number of nitrogens with zero attached hydrogens (tertiary/aromatic N) is 1. The zero-order chi connectivity index (χ0) is 27.6. The molecule has 3 atom stereocenters. The van der Waals surface area contributed by atoms with Gasteiger partial charge in [0, 0.05) is 32.6 Å². The lowest BCUT2D eigenvalue weighted by Gasteiger charge is -2.46. The first-order valence-corrected chi connectivity index (χ1v) is 12.3. The molecule has 2 fully saturated rings. The number of alkyl halides is 6. The fourth-order valence-corrected chi connectivity index (χ4v) is 4.79. The molecule has 2 unspecified atom stereocenters. The van der Waals surface area contributed by atoms with E-state index >= 15 is 0 Å². The third-order valence-corrected chi connectivity index (χ3v) is 6.78. The van der Waals surface area contributed by atoms with Crippen LogP contribution in [0.1, 0.15) is 47.7 Å². The Kier molecular flexibility index (Phi) is 8.68. The quantitative estimate of drug-likeness (QED) is 0.447. The maximum absolute atomic E-state index is 13.7. The molecule has 1 N–H and O–H groups in total. The van der Waals surface area contributed by atoms with Crippen LogP contribution in [-0.4, -0.2) is 56.7 Å². The van der Waals surface area contributed by atoms with Crippen LogP contribution in [0.3, 0.4) is 0 Å². The van der Waals surface area contributed by atoms with E-state index in [1.165, 1.54) is 19.1 Å². The number of rotatable bonds is 7. The molecule has 210 valence electrons. The van der Waals surface area contributed by atoms with Gasteiger partial charge in [-0.05, 0) is 48.4 Å². The maximum Gasteiger partial charge on any atom is 0.416 e. The van der Waals surface area contributed by atoms with Gasteiger partial charge in [0.25, 0.3) is 0 Å². The summed E-state index contributed by atoms with van der Waals surface area (Å²) in [5.74, 6) is -1.91. The Bertz CT molecular complexity index is 1040. The average Bonchev–Trinajstić information content (AvgIpc) is 2.88. The van der Waals surface area contributed by atoms with Crippen LogP contribution in [0.4, 0.5) is 30.7 Å². The second kappa shape index (κ2) is 11.5. The molecular weight excluding hydrogens is 521 g/mol. The van der Waals surface area contributed by atoms with E-state index in [1.54, 1.807) is 12.1 Å². The third-order valence-electron chi connectivity index (χ3n) is 6.78. The molecule has 38 heavy (non-hydrogen) atoms. The summed E-state index contributed by atoms with van der Waals surface area (Å²) < 4.78 is 112. The van der Waals surface area contributed by atoms with Crippen molar-refractivity contribution in [2.75, 3.05) is 46.0 Å². The maximum atomic E-state index is 13.7. The Morgan fingerprint density at radius 3 is 2.16 bits per heavy atom. The Balaban J connectivity index is 1.70. The molecule has 2 heterocycles. The van der Waals surface area contributed by atoms with E-state index in [-0.39, 0.29) is 24.7 Å². The van der Waals surface area contributed by atoms with Crippen LogP contribution in [0.25, 0.3) is 0 Å². The van der Waals surface area contributed by atoms with E-state index in [1.807, 2.05) is 0 Å². The molecule has 2 saturated heterocycles. The first-order chi connectivity index (χ1) is 17.9. The van der Waals surface area contributed by atoms with E-state index in [4.69, 9.17) is 14.2 Å². The van der Waals surface area contributed by atoms with Crippen molar-refractivity contribution in [3.63, 3.8) is 0 Å². The van der Waals surface area contributed by atoms with Crippen LogP contribution in [0.5, 0.6) is 0 Å². The molecule has 2 aromatic rings. The van der Waals surface area contributed by atoms with Crippen LogP contribution in [-0.2, 0) is 26.6 Å². The van der Waals surface area contributed by atoms with Crippen LogP contribution < -0.4 is 5.32 Å². The summed E-state index contributed by atoms with van der Waals surface area (Å²) in [6.07, 6.45) is -10.9. The van der Waals surface area contributed by atoms with Crippen molar-refractivity contribution >= 4 is 0 Å². The van der Waals surface area contributed by atoms with Gasteiger partial charge in [-0.1, -0.05) is 12.1 Å². The highest BCUT2D eigenvalue weighted by atomic mass is 19.4. The summed E-state index contributed by atoms with van der Waals surface area (Å²) in [5, 5.41) is 3.29.